The van der Waals surface area contributed by atoms with Gasteiger partial charge >= 0.3 is 0 Å². The van der Waals surface area contributed by atoms with Crippen molar-refractivity contribution in [2.75, 3.05) is 54.0 Å². The molecule has 2 fully saturated rings. The Kier molecular flexibility index (Phi) is 7.71. The summed E-state index contributed by atoms with van der Waals surface area (Å²) in [6.45, 7) is 10.7. The number of rotatable bonds is 5. The van der Waals surface area contributed by atoms with E-state index in [1.807, 2.05) is 0 Å². The number of nitriles is 2. The Balaban J connectivity index is 1.44. The highest BCUT2D eigenvalue weighted by atomic mass is 16.2. The van der Waals surface area contributed by atoms with Crippen molar-refractivity contribution >= 4 is 33.9 Å². The van der Waals surface area contributed by atoms with Gasteiger partial charge < -0.3 is 19.6 Å². The van der Waals surface area contributed by atoms with Crippen LogP contribution >= 0.6 is 0 Å². The lowest BCUT2D eigenvalue weighted by Gasteiger charge is -2.44. The van der Waals surface area contributed by atoms with Crippen LogP contribution in [0.4, 0.5) is 17.2 Å². The largest absolute Gasteiger partial charge is 0.366 e. The first-order valence-corrected chi connectivity index (χ1v) is 15.0. The maximum Gasteiger partial charge on any atom is 0.246 e. The van der Waals surface area contributed by atoms with Crippen LogP contribution < -0.4 is 14.7 Å². The lowest BCUT2D eigenvalue weighted by atomic mass is 9.95. The summed E-state index contributed by atoms with van der Waals surface area (Å²) in [5.41, 5.74) is 6.19. The van der Waals surface area contributed by atoms with Crippen molar-refractivity contribution in [2.24, 2.45) is 0 Å². The number of amides is 1. The van der Waals surface area contributed by atoms with Crippen molar-refractivity contribution in [3.8, 4) is 12.1 Å². The molecule has 6 rings (SSSR count). The van der Waals surface area contributed by atoms with Crippen LogP contribution in [-0.4, -0.2) is 61.1 Å². The van der Waals surface area contributed by atoms with E-state index in [4.69, 9.17) is 4.98 Å². The highest BCUT2D eigenvalue weighted by Gasteiger charge is 2.35. The van der Waals surface area contributed by atoms with E-state index in [0.29, 0.717) is 31.7 Å². The third-order valence-corrected chi connectivity index (χ3v) is 9.09. The lowest BCUT2D eigenvalue weighted by Crippen LogP contribution is -2.55. The zero-order valence-corrected chi connectivity index (χ0v) is 24.3. The first kappa shape index (κ1) is 27.6. The minimum atomic E-state index is -0.262. The van der Waals surface area contributed by atoms with Crippen molar-refractivity contribution in [3.63, 3.8) is 0 Å². The molecule has 3 aliphatic rings. The van der Waals surface area contributed by atoms with Crippen LogP contribution in [0.3, 0.4) is 0 Å². The van der Waals surface area contributed by atoms with E-state index in [1.54, 1.807) is 4.90 Å². The molecule has 2 aromatic carbocycles. The number of nitrogens with zero attached hydrogens (tertiary/aromatic N) is 7. The van der Waals surface area contributed by atoms with E-state index >= 15 is 0 Å². The van der Waals surface area contributed by atoms with Gasteiger partial charge in [0.1, 0.15) is 17.5 Å². The second-order valence-corrected chi connectivity index (χ2v) is 11.6. The van der Waals surface area contributed by atoms with Crippen molar-refractivity contribution in [1.29, 1.82) is 10.5 Å². The van der Waals surface area contributed by atoms with Gasteiger partial charge in [-0.1, -0.05) is 36.9 Å². The van der Waals surface area contributed by atoms with E-state index in [9.17, 15) is 15.3 Å². The summed E-state index contributed by atoms with van der Waals surface area (Å²) in [4.78, 5) is 26.6. The molecule has 2 saturated heterocycles. The van der Waals surface area contributed by atoms with Crippen LogP contribution in [0.15, 0.2) is 49.1 Å². The number of anilines is 3. The maximum atomic E-state index is 12.6. The first-order chi connectivity index (χ1) is 20.5. The number of aromatic nitrogens is 1. The number of hydrogen-bond acceptors (Lipinski definition) is 7. The minimum absolute atomic E-state index is 0.151. The van der Waals surface area contributed by atoms with Gasteiger partial charge in [-0.3, -0.25) is 4.79 Å². The molecular formula is C34H37N7O. The van der Waals surface area contributed by atoms with Crippen LogP contribution in [0.1, 0.15) is 48.1 Å². The zero-order valence-electron chi connectivity index (χ0n) is 24.3. The second kappa shape index (κ2) is 11.7. The standard InChI is InChI=1S/C34H37N7O/c1-3-31(42)41-20-19-40(22-26(41)13-15-35)33-27-14-18-39(30-12-8-11-25-10-7-9-24(2)32(25)30)23-29(27)37-34(28(33)21-36)38-16-5-4-6-17-38/h3,7-12,26H,1,4-6,13-14,16-20,22-23H2,2H3/t26-/m0/s1. The maximum absolute atomic E-state index is 12.6. The van der Waals surface area contributed by atoms with E-state index < -0.39 is 0 Å². The van der Waals surface area contributed by atoms with E-state index in [2.05, 4.69) is 76.7 Å². The summed E-state index contributed by atoms with van der Waals surface area (Å²) in [6, 6.07) is 17.5. The monoisotopic (exact) mass is 559 g/mol. The molecule has 0 radical (unpaired) electrons. The molecule has 0 N–H and O–H groups in total. The lowest BCUT2D eigenvalue weighted by molar-refractivity contribution is -0.128. The van der Waals surface area contributed by atoms with Crippen LogP contribution in [0.5, 0.6) is 0 Å². The highest BCUT2D eigenvalue weighted by Crippen LogP contribution is 2.40. The third kappa shape index (κ3) is 4.92. The fourth-order valence-corrected chi connectivity index (χ4v) is 7.05. The Bertz CT molecular complexity index is 1610. The molecule has 0 bridgehead atoms. The summed E-state index contributed by atoms with van der Waals surface area (Å²) < 4.78 is 0. The molecular weight excluding hydrogens is 522 g/mol. The van der Waals surface area contributed by atoms with Crippen LogP contribution in [0.2, 0.25) is 0 Å². The number of carbonyl (C=O) groups excluding carboxylic acids is 1. The minimum Gasteiger partial charge on any atom is -0.366 e. The molecule has 0 saturated carbocycles. The van der Waals surface area contributed by atoms with E-state index in [0.717, 1.165) is 61.7 Å². The molecule has 0 spiro atoms. The van der Waals surface area contributed by atoms with Crippen LogP contribution in [-0.2, 0) is 17.8 Å². The molecule has 8 heteroatoms. The Morgan fingerprint density at radius 3 is 2.55 bits per heavy atom. The molecule has 1 atom stereocenters. The van der Waals surface area contributed by atoms with Gasteiger partial charge in [-0.15, -0.1) is 0 Å². The summed E-state index contributed by atoms with van der Waals surface area (Å²) in [5.74, 6) is 0.630. The van der Waals surface area contributed by atoms with Gasteiger partial charge in [-0.05, 0) is 55.7 Å². The van der Waals surface area contributed by atoms with Crippen LogP contribution in [0.25, 0.3) is 10.8 Å². The average Bonchev–Trinajstić information content (AvgIpc) is 3.03. The van der Waals surface area contributed by atoms with Gasteiger partial charge in [0.2, 0.25) is 5.91 Å². The predicted molar refractivity (Wildman–Crippen MR) is 167 cm³/mol. The fourth-order valence-electron chi connectivity index (χ4n) is 7.05. The molecule has 3 aliphatic heterocycles. The number of fused-ring (bicyclic) bond motifs is 2. The third-order valence-electron chi connectivity index (χ3n) is 9.09. The number of hydrogen-bond donors (Lipinski definition) is 0. The molecule has 1 aromatic heterocycles. The number of piperazine rings is 1. The fraction of sp³-hybridized carbons (Fsp3) is 0.412. The molecule has 0 unspecified atom stereocenters. The van der Waals surface area contributed by atoms with Gasteiger partial charge in [0.25, 0.3) is 0 Å². The van der Waals surface area contributed by atoms with Crippen molar-refractivity contribution in [1.82, 2.24) is 9.88 Å². The zero-order chi connectivity index (χ0) is 29.2. The summed E-state index contributed by atoms with van der Waals surface area (Å²) in [5, 5.41) is 22.7. The molecule has 4 heterocycles. The van der Waals surface area contributed by atoms with Gasteiger partial charge in [0, 0.05) is 55.9 Å². The van der Waals surface area contributed by atoms with Gasteiger partial charge in [-0.25, -0.2) is 4.98 Å². The summed E-state index contributed by atoms with van der Waals surface area (Å²) >= 11 is 0. The molecule has 8 nitrogen and oxygen atoms in total. The number of aryl methyl sites for hydroxylation is 1. The van der Waals surface area contributed by atoms with Crippen LogP contribution in [0, 0.1) is 29.6 Å². The topological polar surface area (TPSA) is 90.5 Å². The SMILES string of the molecule is C=CC(=O)N1CCN(c2c(C#N)c(N3CCCCC3)nc3c2CCN(c2cccc4cccc(C)c24)C3)C[C@@H]1CC#N. The number of carbonyl (C=O) groups is 1. The number of piperidine rings is 1. The average molecular weight is 560 g/mol. The van der Waals surface area contributed by atoms with Crippen molar-refractivity contribution in [3.05, 3.63) is 71.4 Å². The Hall–Kier alpha value is -4.56. The summed E-state index contributed by atoms with van der Waals surface area (Å²) in [6.07, 6.45) is 5.70. The predicted octanol–water partition coefficient (Wildman–Crippen LogP) is 5.08. The van der Waals surface area contributed by atoms with Crippen molar-refractivity contribution < 1.29 is 4.79 Å². The van der Waals surface area contributed by atoms with Gasteiger partial charge in [0.05, 0.1) is 36.5 Å². The smallest absolute Gasteiger partial charge is 0.246 e. The Labute approximate surface area is 248 Å². The second-order valence-electron chi connectivity index (χ2n) is 11.6. The number of pyridine rings is 1. The molecule has 1 amide bonds. The van der Waals surface area contributed by atoms with Crippen molar-refractivity contribution in [2.45, 2.75) is 51.6 Å². The quantitative estimate of drug-likeness (QED) is 0.403. The van der Waals surface area contributed by atoms with Gasteiger partial charge in [-0.2, -0.15) is 10.5 Å². The summed E-state index contributed by atoms with van der Waals surface area (Å²) in [7, 11) is 0. The molecule has 3 aromatic rings. The highest BCUT2D eigenvalue weighted by molar-refractivity contribution is 5.97. The van der Waals surface area contributed by atoms with E-state index in [1.165, 1.54) is 34.5 Å². The Morgan fingerprint density at radius 1 is 1.02 bits per heavy atom. The molecule has 42 heavy (non-hydrogen) atoms. The first-order valence-electron chi connectivity index (χ1n) is 15.0. The molecule has 0 aliphatic carbocycles. The normalized spacial score (nSPS) is 18.8. The van der Waals surface area contributed by atoms with E-state index in [-0.39, 0.29) is 18.4 Å². The molecule has 214 valence electrons. The number of benzene rings is 2. The Morgan fingerprint density at radius 2 is 1.81 bits per heavy atom. The van der Waals surface area contributed by atoms with Gasteiger partial charge in [0.15, 0.2) is 0 Å².